The summed E-state index contributed by atoms with van der Waals surface area (Å²) in [7, 11) is 0. The molecule has 2 rings (SSSR count). The van der Waals surface area contributed by atoms with Gasteiger partial charge in [0, 0.05) is 11.1 Å². The quantitative estimate of drug-likeness (QED) is 0.633. The molecule has 2 nitrogen and oxygen atoms in total. The van der Waals surface area contributed by atoms with Crippen LogP contribution in [0.4, 0.5) is 17.6 Å². The molecule has 0 amide bonds. The minimum absolute atomic E-state index is 0.178. The predicted molar refractivity (Wildman–Crippen MR) is 62.4 cm³/mol. The molecule has 0 saturated heterocycles. The lowest BCUT2D eigenvalue weighted by Gasteiger charge is -2.09. The molecule has 0 radical (unpaired) electrons. The molecule has 104 valence electrons. The maximum Gasteiger partial charge on any atom is 0.191 e. The minimum atomic E-state index is -1.14. The molecule has 0 bridgehead atoms. The van der Waals surface area contributed by atoms with E-state index in [0.29, 0.717) is 0 Å². The molecule has 6 heteroatoms. The maximum atomic E-state index is 13.5. The lowest BCUT2D eigenvalue weighted by molar-refractivity contribution is 0.112. The van der Waals surface area contributed by atoms with Gasteiger partial charge >= 0.3 is 0 Å². The molecule has 0 atom stereocenters. The molecular formula is C14H8F4O2. The Hall–Kier alpha value is -2.37. The fourth-order valence-corrected chi connectivity index (χ4v) is 1.60. The first-order valence-corrected chi connectivity index (χ1v) is 5.53. The summed E-state index contributed by atoms with van der Waals surface area (Å²) >= 11 is 0. The average molecular weight is 284 g/mol. The van der Waals surface area contributed by atoms with E-state index in [1.165, 1.54) is 12.1 Å². The fraction of sp³-hybridized carbons (Fsp3) is 0.0714. The average Bonchev–Trinajstić information content (AvgIpc) is 2.42. The van der Waals surface area contributed by atoms with Crippen LogP contribution >= 0.6 is 0 Å². The topological polar surface area (TPSA) is 26.3 Å². The van der Waals surface area contributed by atoms with Crippen LogP contribution in [0.25, 0.3) is 0 Å². The molecule has 0 aromatic heterocycles. The van der Waals surface area contributed by atoms with Crippen molar-refractivity contribution in [2.75, 3.05) is 0 Å². The summed E-state index contributed by atoms with van der Waals surface area (Å²) < 4.78 is 58.1. The van der Waals surface area contributed by atoms with E-state index >= 15 is 0 Å². The molecule has 0 unspecified atom stereocenters. The Bertz CT molecular complexity index is 633. The largest absolute Gasteiger partial charge is 0.483 e. The van der Waals surface area contributed by atoms with Gasteiger partial charge in [0.25, 0.3) is 0 Å². The van der Waals surface area contributed by atoms with Gasteiger partial charge < -0.3 is 4.74 Å². The van der Waals surface area contributed by atoms with E-state index in [9.17, 15) is 22.4 Å². The van der Waals surface area contributed by atoms with Crippen molar-refractivity contribution in [3.63, 3.8) is 0 Å². The van der Waals surface area contributed by atoms with Crippen LogP contribution in [0.15, 0.2) is 30.3 Å². The summed E-state index contributed by atoms with van der Waals surface area (Å²) in [5.41, 5.74) is -0.368. The number of aldehydes is 1. The fourth-order valence-electron chi connectivity index (χ4n) is 1.60. The molecule has 0 aliphatic heterocycles. The Balaban J connectivity index is 2.23. The first kappa shape index (κ1) is 14.0. The van der Waals surface area contributed by atoms with Gasteiger partial charge in [-0.05, 0) is 18.2 Å². The molecule has 0 fully saturated rings. The molecule has 0 heterocycles. The van der Waals surface area contributed by atoms with Gasteiger partial charge in [0.2, 0.25) is 0 Å². The van der Waals surface area contributed by atoms with Crippen molar-refractivity contribution in [2.45, 2.75) is 6.61 Å². The zero-order valence-electron chi connectivity index (χ0n) is 10.00. The van der Waals surface area contributed by atoms with Gasteiger partial charge in [-0.15, -0.1) is 0 Å². The standard InChI is InChI=1S/C14H8F4O2/c15-10-3-1-2-9(13(10)18)7-20-14-11(16)4-8(6-19)5-12(14)17/h1-6H,7H2. The second-order valence-corrected chi connectivity index (χ2v) is 3.93. The third-order valence-corrected chi connectivity index (χ3v) is 2.56. The van der Waals surface area contributed by atoms with Crippen molar-refractivity contribution in [1.29, 1.82) is 0 Å². The van der Waals surface area contributed by atoms with Crippen molar-refractivity contribution >= 4 is 6.29 Å². The predicted octanol–water partition coefficient (Wildman–Crippen LogP) is 3.63. The first-order valence-electron chi connectivity index (χ1n) is 5.53. The highest BCUT2D eigenvalue weighted by Gasteiger charge is 2.14. The van der Waals surface area contributed by atoms with Crippen LogP contribution < -0.4 is 4.74 Å². The summed E-state index contributed by atoms with van der Waals surface area (Å²) in [6.07, 6.45) is 0.280. The second kappa shape index (κ2) is 5.73. The smallest absolute Gasteiger partial charge is 0.191 e. The summed E-state index contributed by atoms with van der Waals surface area (Å²) in [5, 5.41) is 0. The minimum Gasteiger partial charge on any atom is -0.483 e. The van der Waals surface area contributed by atoms with E-state index in [4.69, 9.17) is 4.74 Å². The zero-order chi connectivity index (χ0) is 14.7. The van der Waals surface area contributed by atoms with E-state index in [-0.39, 0.29) is 17.4 Å². The van der Waals surface area contributed by atoms with E-state index < -0.39 is 35.6 Å². The summed E-state index contributed by atoms with van der Waals surface area (Å²) in [6.45, 7) is -0.544. The molecule has 2 aromatic rings. The summed E-state index contributed by atoms with van der Waals surface area (Å²) in [6, 6.07) is 4.97. The van der Waals surface area contributed by atoms with Crippen molar-refractivity contribution in [3.05, 3.63) is 64.7 Å². The monoisotopic (exact) mass is 284 g/mol. The molecule has 0 saturated carbocycles. The Morgan fingerprint density at radius 1 is 1.00 bits per heavy atom. The van der Waals surface area contributed by atoms with E-state index in [2.05, 4.69) is 0 Å². The van der Waals surface area contributed by atoms with Crippen LogP contribution in [0.3, 0.4) is 0 Å². The third-order valence-electron chi connectivity index (χ3n) is 2.56. The number of benzene rings is 2. The number of hydrogen-bond donors (Lipinski definition) is 0. The Morgan fingerprint density at radius 3 is 2.25 bits per heavy atom. The highest BCUT2D eigenvalue weighted by molar-refractivity contribution is 5.75. The molecule has 0 aliphatic carbocycles. The van der Waals surface area contributed by atoms with Crippen LogP contribution in [0.2, 0.25) is 0 Å². The number of rotatable bonds is 4. The van der Waals surface area contributed by atoms with E-state index in [1.807, 2.05) is 0 Å². The van der Waals surface area contributed by atoms with Gasteiger partial charge in [0.15, 0.2) is 29.0 Å². The number of carbonyl (C=O) groups excluding carboxylic acids is 1. The highest BCUT2D eigenvalue weighted by Crippen LogP contribution is 2.24. The molecule has 20 heavy (non-hydrogen) atoms. The number of hydrogen-bond acceptors (Lipinski definition) is 2. The van der Waals surface area contributed by atoms with Crippen LogP contribution in [-0.2, 0) is 6.61 Å². The highest BCUT2D eigenvalue weighted by atomic mass is 19.2. The normalized spacial score (nSPS) is 10.4. The van der Waals surface area contributed by atoms with Crippen molar-refractivity contribution in [2.24, 2.45) is 0 Å². The summed E-state index contributed by atoms with van der Waals surface area (Å²) in [4.78, 5) is 10.4. The Labute approximate surface area is 111 Å². The maximum absolute atomic E-state index is 13.5. The van der Waals surface area contributed by atoms with Gasteiger partial charge in [-0.3, -0.25) is 4.79 Å². The van der Waals surface area contributed by atoms with E-state index in [0.717, 1.165) is 18.2 Å². The third kappa shape index (κ3) is 2.79. The van der Waals surface area contributed by atoms with Gasteiger partial charge in [0.05, 0.1) is 0 Å². The van der Waals surface area contributed by atoms with Crippen LogP contribution in [-0.4, -0.2) is 6.29 Å². The Morgan fingerprint density at radius 2 is 1.65 bits per heavy atom. The molecule has 0 spiro atoms. The number of ether oxygens (including phenoxy) is 1. The van der Waals surface area contributed by atoms with Gasteiger partial charge in [-0.1, -0.05) is 12.1 Å². The molecule has 2 aromatic carbocycles. The first-order chi connectivity index (χ1) is 9.52. The SMILES string of the molecule is O=Cc1cc(F)c(OCc2cccc(F)c2F)c(F)c1. The second-order valence-electron chi connectivity index (χ2n) is 3.93. The van der Waals surface area contributed by atoms with Crippen LogP contribution in [0, 0.1) is 23.3 Å². The molecular weight excluding hydrogens is 276 g/mol. The van der Waals surface area contributed by atoms with E-state index in [1.54, 1.807) is 0 Å². The number of carbonyl (C=O) groups is 1. The van der Waals surface area contributed by atoms with Gasteiger partial charge in [0.1, 0.15) is 12.9 Å². The Kier molecular flexibility index (Phi) is 4.02. The molecule has 0 aliphatic rings. The molecule has 0 N–H and O–H groups in total. The van der Waals surface area contributed by atoms with Crippen LogP contribution in [0.5, 0.6) is 5.75 Å². The summed E-state index contributed by atoms with van der Waals surface area (Å²) in [5.74, 6) is -5.16. The number of halogens is 4. The van der Waals surface area contributed by atoms with Crippen molar-refractivity contribution in [3.8, 4) is 5.75 Å². The van der Waals surface area contributed by atoms with Crippen molar-refractivity contribution < 1.29 is 27.1 Å². The lowest BCUT2D eigenvalue weighted by Crippen LogP contribution is -2.04. The van der Waals surface area contributed by atoms with Crippen molar-refractivity contribution in [1.82, 2.24) is 0 Å². The van der Waals surface area contributed by atoms with Crippen LogP contribution in [0.1, 0.15) is 15.9 Å². The zero-order valence-corrected chi connectivity index (χ0v) is 10.00. The van der Waals surface area contributed by atoms with Gasteiger partial charge in [-0.2, -0.15) is 0 Å². The lowest BCUT2D eigenvalue weighted by atomic mass is 10.2. The van der Waals surface area contributed by atoms with Gasteiger partial charge in [-0.25, -0.2) is 17.6 Å².